The molecular formula is C20H17Br2N3O. The lowest BCUT2D eigenvalue weighted by Crippen LogP contribution is -2.25. The van der Waals surface area contributed by atoms with Gasteiger partial charge in [0.05, 0.1) is 22.6 Å². The first-order chi connectivity index (χ1) is 12.6. The molecule has 4 nitrogen and oxygen atoms in total. The van der Waals surface area contributed by atoms with E-state index in [1.165, 1.54) is 10.8 Å². The zero-order chi connectivity index (χ0) is 18.1. The number of aromatic nitrogens is 2. The highest BCUT2D eigenvalue weighted by Gasteiger charge is 2.17. The van der Waals surface area contributed by atoms with E-state index in [0.717, 1.165) is 25.8 Å². The molecule has 6 heteroatoms. The van der Waals surface area contributed by atoms with Gasteiger partial charge in [0.25, 0.3) is 0 Å². The fraction of sp³-hybridized carbons (Fsp3) is 0.150. The molecule has 0 saturated heterocycles. The number of hydrogen-bond acceptors (Lipinski definition) is 3. The number of halogens is 2. The van der Waals surface area contributed by atoms with Crippen LogP contribution < -0.4 is 5.32 Å². The van der Waals surface area contributed by atoms with E-state index in [2.05, 4.69) is 64.9 Å². The first-order valence-corrected chi connectivity index (χ1v) is 9.91. The molecule has 0 spiro atoms. The van der Waals surface area contributed by atoms with Crippen molar-refractivity contribution in [1.29, 1.82) is 0 Å². The van der Waals surface area contributed by atoms with Crippen molar-refractivity contribution in [2.75, 3.05) is 11.9 Å². The summed E-state index contributed by atoms with van der Waals surface area (Å²) in [5.74, 6) is 0.762. The molecule has 1 unspecified atom stereocenters. The largest absolute Gasteiger partial charge is 0.389 e. The highest BCUT2D eigenvalue weighted by molar-refractivity contribution is 9.13. The number of nitrogens with one attached hydrogen (secondary N) is 1. The van der Waals surface area contributed by atoms with Gasteiger partial charge >= 0.3 is 0 Å². The molecule has 2 aromatic heterocycles. The van der Waals surface area contributed by atoms with Crippen molar-refractivity contribution in [3.8, 4) is 0 Å². The Labute approximate surface area is 168 Å². The Kier molecular flexibility index (Phi) is 4.98. The summed E-state index contributed by atoms with van der Waals surface area (Å²) in [4.78, 5) is 4.23. The van der Waals surface area contributed by atoms with Gasteiger partial charge in [-0.05, 0) is 56.1 Å². The molecule has 0 aliphatic heterocycles. The molecule has 1 atom stereocenters. The Hall–Kier alpha value is -1.89. The van der Waals surface area contributed by atoms with Crippen molar-refractivity contribution in [2.24, 2.45) is 0 Å². The van der Waals surface area contributed by atoms with Gasteiger partial charge in [-0.2, -0.15) is 0 Å². The number of rotatable bonds is 5. The van der Waals surface area contributed by atoms with Crippen molar-refractivity contribution in [3.63, 3.8) is 0 Å². The number of benzene rings is 2. The maximum absolute atomic E-state index is 10.6. The van der Waals surface area contributed by atoms with Crippen LogP contribution in [0.1, 0.15) is 0 Å². The normalized spacial score (nSPS) is 12.6. The molecule has 2 aromatic carbocycles. The quantitative estimate of drug-likeness (QED) is 0.418. The van der Waals surface area contributed by atoms with E-state index in [0.29, 0.717) is 13.1 Å². The predicted molar refractivity (Wildman–Crippen MR) is 114 cm³/mol. The fourth-order valence-corrected chi connectivity index (χ4v) is 4.11. The number of hydrogen-bond donors (Lipinski definition) is 2. The Balaban J connectivity index is 1.69. The van der Waals surface area contributed by atoms with Crippen LogP contribution in [0.3, 0.4) is 0 Å². The van der Waals surface area contributed by atoms with Crippen molar-refractivity contribution in [3.05, 3.63) is 69.7 Å². The van der Waals surface area contributed by atoms with Crippen molar-refractivity contribution < 1.29 is 5.11 Å². The first-order valence-electron chi connectivity index (χ1n) is 8.33. The number of fused-ring (bicyclic) bond motifs is 3. The molecule has 132 valence electrons. The number of aliphatic hydroxyl groups excluding tert-OH is 1. The van der Waals surface area contributed by atoms with Crippen molar-refractivity contribution in [1.82, 2.24) is 9.55 Å². The Morgan fingerprint density at radius 2 is 1.81 bits per heavy atom. The maximum atomic E-state index is 10.6. The third-order valence-corrected chi connectivity index (χ3v) is 6.40. The van der Waals surface area contributed by atoms with Crippen molar-refractivity contribution >= 4 is 59.5 Å². The lowest BCUT2D eigenvalue weighted by atomic mass is 10.2. The predicted octanol–water partition coefficient (Wildman–Crippen LogP) is 5.19. The van der Waals surface area contributed by atoms with Gasteiger partial charge in [-0.15, -0.1) is 0 Å². The average Bonchev–Trinajstić information content (AvgIpc) is 2.98. The summed E-state index contributed by atoms with van der Waals surface area (Å²) in [6.45, 7) is 0.912. The summed E-state index contributed by atoms with van der Waals surface area (Å²) in [5.41, 5.74) is 2.19. The third-order valence-electron chi connectivity index (χ3n) is 4.40. The van der Waals surface area contributed by atoms with Crippen LogP contribution in [-0.2, 0) is 6.54 Å². The summed E-state index contributed by atoms with van der Waals surface area (Å²) in [6.07, 6.45) is 1.18. The number of pyridine rings is 1. The van der Waals surface area contributed by atoms with Crippen LogP contribution in [-0.4, -0.2) is 27.3 Å². The number of para-hydroxylation sites is 1. The molecule has 4 aromatic rings. The molecule has 0 bridgehead atoms. The number of nitrogens with zero attached hydrogens (tertiary/aromatic N) is 2. The Bertz CT molecular complexity index is 1060. The lowest BCUT2D eigenvalue weighted by Gasteiger charge is -2.16. The maximum Gasteiger partial charge on any atom is 0.125 e. The molecular weight excluding hydrogens is 458 g/mol. The summed E-state index contributed by atoms with van der Waals surface area (Å²) in [6, 6.07) is 18.1. The molecule has 2 heterocycles. The zero-order valence-corrected chi connectivity index (χ0v) is 17.0. The van der Waals surface area contributed by atoms with E-state index in [4.69, 9.17) is 0 Å². The standard InChI is InChI=1S/C20H17Br2N3O/c21-16-9-8-15-14-5-1-2-6-17(14)25(20(15)19(16)22)12-13(26)11-24-18-7-3-4-10-23-18/h1-10,13,26H,11-12H2,(H,23,24). The van der Waals surface area contributed by atoms with Gasteiger partial charge in [0.1, 0.15) is 5.82 Å². The minimum Gasteiger partial charge on any atom is -0.389 e. The molecule has 0 aliphatic carbocycles. The van der Waals surface area contributed by atoms with Gasteiger partial charge < -0.3 is 15.0 Å². The topological polar surface area (TPSA) is 50.1 Å². The summed E-state index contributed by atoms with van der Waals surface area (Å²) in [5, 5.41) is 16.2. The van der Waals surface area contributed by atoms with Crippen LogP contribution in [0.4, 0.5) is 5.82 Å². The summed E-state index contributed by atoms with van der Waals surface area (Å²) in [7, 11) is 0. The van der Waals surface area contributed by atoms with Gasteiger partial charge in [0.2, 0.25) is 0 Å². The van der Waals surface area contributed by atoms with Gasteiger partial charge in [0, 0.05) is 33.5 Å². The second-order valence-corrected chi connectivity index (χ2v) is 7.78. The molecule has 0 amide bonds. The first kappa shape index (κ1) is 17.5. The van der Waals surface area contributed by atoms with E-state index in [9.17, 15) is 5.11 Å². The van der Waals surface area contributed by atoms with Crippen LogP contribution in [0.25, 0.3) is 21.8 Å². The van der Waals surface area contributed by atoms with E-state index < -0.39 is 6.10 Å². The molecule has 26 heavy (non-hydrogen) atoms. The Morgan fingerprint density at radius 3 is 2.62 bits per heavy atom. The van der Waals surface area contributed by atoms with E-state index in [1.54, 1.807) is 6.20 Å². The van der Waals surface area contributed by atoms with Gasteiger partial charge in [-0.3, -0.25) is 0 Å². The van der Waals surface area contributed by atoms with Gasteiger partial charge in [-0.1, -0.05) is 30.3 Å². The Morgan fingerprint density at radius 1 is 1.00 bits per heavy atom. The van der Waals surface area contributed by atoms with Crippen LogP contribution >= 0.6 is 31.9 Å². The second-order valence-electron chi connectivity index (χ2n) is 6.13. The zero-order valence-electron chi connectivity index (χ0n) is 13.9. The average molecular weight is 475 g/mol. The van der Waals surface area contributed by atoms with Crippen LogP contribution in [0.2, 0.25) is 0 Å². The number of aliphatic hydroxyl groups is 1. The smallest absolute Gasteiger partial charge is 0.125 e. The number of anilines is 1. The summed E-state index contributed by atoms with van der Waals surface area (Å²) < 4.78 is 4.16. The van der Waals surface area contributed by atoms with Crippen molar-refractivity contribution in [2.45, 2.75) is 12.6 Å². The minimum atomic E-state index is -0.554. The SMILES string of the molecule is OC(CNc1ccccn1)Cn1c2ccccc2c2ccc(Br)c(Br)c21. The van der Waals surface area contributed by atoms with E-state index in [-0.39, 0.29) is 0 Å². The molecule has 0 fully saturated rings. The minimum absolute atomic E-state index is 0.427. The van der Waals surface area contributed by atoms with E-state index in [1.807, 2.05) is 36.4 Å². The second kappa shape index (κ2) is 7.39. The van der Waals surface area contributed by atoms with Crippen LogP contribution in [0.5, 0.6) is 0 Å². The fourth-order valence-electron chi connectivity index (χ4n) is 3.23. The molecule has 0 aliphatic rings. The highest BCUT2D eigenvalue weighted by atomic mass is 79.9. The van der Waals surface area contributed by atoms with Crippen LogP contribution in [0.15, 0.2) is 69.7 Å². The van der Waals surface area contributed by atoms with Crippen LogP contribution in [0, 0.1) is 0 Å². The third kappa shape index (κ3) is 3.24. The molecule has 2 N–H and O–H groups in total. The molecule has 0 radical (unpaired) electrons. The monoisotopic (exact) mass is 473 g/mol. The van der Waals surface area contributed by atoms with Gasteiger partial charge in [0.15, 0.2) is 0 Å². The molecule has 4 rings (SSSR count). The lowest BCUT2D eigenvalue weighted by molar-refractivity contribution is 0.169. The van der Waals surface area contributed by atoms with E-state index >= 15 is 0 Å². The van der Waals surface area contributed by atoms with Gasteiger partial charge in [-0.25, -0.2) is 4.98 Å². The summed E-state index contributed by atoms with van der Waals surface area (Å²) >= 11 is 7.29. The highest BCUT2D eigenvalue weighted by Crippen LogP contribution is 2.37. The molecule has 0 saturated carbocycles.